The van der Waals surface area contributed by atoms with Crippen molar-refractivity contribution in [1.82, 2.24) is 5.32 Å². The van der Waals surface area contributed by atoms with Gasteiger partial charge in [-0.25, -0.2) is 0 Å². The van der Waals surface area contributed by atoms with Gasteiger partial charge in [0.25, 0.3) is 5.91 Å². The topological polar surface area (TPSA) is 81.4 Å². The molecule has 0 radical (unpaired) electrons. The summed E-state index contributed by atoms with van der Waals surface area (Å²) in [5.74, 6) is -0.417. The molecule has 6 heteroatoms. The zero-order chi connectivity index (χ0) is 20.2. The van der Waals surface area contributed by atoms with Crippen LogP contribution < -0.4 is 15.8 Å². The molecule has 2 rings (SSSR count). The van der Waals surface area contributed by atoms with Crippen molar-refractivity contribution >= 4 is 23.4 Å². The van der Waals surface area contributed by atoms with Crippen LogP contribution in [0.5, 0.6) is 5.75 Å². The van der Waals surface area contributed by atoms with E-state index in [1.54, 1.807) is 30.3 Å². The number of nitrogens with one attached hydrogen (secondary N) is 1. The molecule has 0 fully saturated rings. The highest BCUT2D eigenvalue weighted by atomic mass is 35.5. The normalized spacial score (nSPS) is 12.3. The van der Waals surface area contributed by atoms with E-state index in [0.717, 1.165) is 11.1 Å². The zero-order valence-electron chi connectivity index (χ0n) is 16.0. The molecule has 2 amide bonds. The summed E-state index contributed by atoms with van der Waals surface area (Å²) in [5.41, 5.74) is 7.84. The molecule has 0 aliphatic carbocycles. The van der Waals surface area contributed by atoms with Gasteiger partial charge in [0.2, 0.25) is 5.91 Å². The molecule has 0 aliphatic rings. The van der Waals surface area contributed by atoms with Gasteiger partial charge in [-0.1, -0.05) is 50.6 Å². The Labute approximate surface area is 164 Å². The van der Waals surface area contributed by atoms with Gasteiger partial charge in [0.1, 0.15) is 11.8 Å². The van der Waals surface area contributed by atoms with Crippen molar-refractivity contribution in [3.63, 3.8) is 0 Å². The number of primary amides is 1. The molecule has 0 unspecified atom stereocenters. The van der Waals surface area contributed by atoms with Crippen molar-refractivity contribution in [2.75, 3.05) is 7.11 Å². The molecule has 3 N–H and O–H groups in total. The Morgan fingerprint density at radius 1 is 1.15 bits per heavy atom. The van der Waals surface area contributed by atoms with Gasteiger partial charge in [-0.2, -0.15) is 0 Å². The van der Waals surface area contributed by atoms with Crippen LogP contribution in [0.4, 0.5) is 0 Å². The maximum absolute atomic E-state index is 12.5. The minimum Gasteiger partial charge on any atom is -0.495 e. The molecule has 1 atom stereocenters. The molecule has 0 bridgehead atoms. The highest BCUT2D eigenvalue weighted by Gasteiger charge is 2.21. The van der Waals surface area contributed by atoms with Crippen LogP contribution in [0.15, 0.2) is 42.5 Å². The zero-order valence-corrected chi connectivity index (χ0v) is 16.8. The highest BCUT2D eigenvalue weighted by Crippen LogP contribution is 2.25. The quantitative estimate of drug-likeness (QED) is 0.794. The van der Waals surface area contributed by atoms with Gasteiger partial charge < -0.3 is 15.8 Å². The molecule has 0 heterocycles. The summed E-state index contributed by atoms with van der Waals surface area (Å²) in [7, 11) is 1.53. The molecular weight excluding hydrogens is 364 g/mol. The summed E-state index contributed by atoms with van der Waals surface area (Å²) in [6.45, 7) is 6.31. The maximum atomic E-state index is 12.5. The minimum absolute atomic E-state index is 0.00159. The third kappa shape index (κ3) is 5.47. The Morgan fingerprint density at radius 2 is 1.78 bits per heavy atom. The first-order valence-electron chi connectivity index (χ1n) is 8.65. The number of carbonyl (C=O) groups excluding carboxylic acids is 2. The average Bonchev–Trinajstić information content (AvgIpc) is 2.60. The van der Waals surface area contributed by atoms with Gasteiger partial charge in [-0.15, -0.1) is 0 Å². The summed E-state index contributed by atoms with van der Waals surface area (Å²) in [5, 5.41) is 3.13. The lowest BCUT2D eigenvalue weighted by molar-refractivity contribution is -0.119. The molecule has 27 heavy (non-hydrogen) atoms. The molecule has 0 spiro atoms. The Balaban J connectivity index is 2.12. The van der Waals surface area contributed by atoms with Gasteiger partial charge in [0.05, 0.1) is 12.1 Å². The van der Waals surface area contributed by atoms with E-state index in [2.05, 4.69) is 26.1 Å². The van der Waals surface area contributed by atoms with Crippen LogP contribution in [0, 0.1) is 0 Å². The minimum atomic E-state index is -0.843. The van der Waals surface area contributed by atoms with Gasteiger partial charge in [-0.3, -0.25) is 9.59 Å². The fourth-order valence-electron chi connectivity index (χ4n) is 2.66. The average molecular weight is 389 g/mol. The van der Waals surface area contributed by atoms with Crippen LogP contribution in [0.3, 0.4) is 0 Å². The second-order valence-corrected chi connectivity index (χ2v) is 7.84. The molecule has 0 aliphatic heterocycles. The molecular formula is C21H25ClN2O3. The fraction of sp³-hybridized carbons (Fsp3) is 0.333. The van der Waals surface area contributed by atoms with E-state index in [1.807, 2.05) is 12.1 Å². The van der Waals surface area contributed by atoms with Crippen LogP contribution in [-0.2, 0) is 16.6 Å². The third-order valence-electron chi connectivity index (χ3n) is 4.32. The Kier molecular flexibility index (Phi) is 6.50. The molecule has 5 nitrogen and oxygen atoms in total. The number of amides is 2. The van der Waals surface area contributed by atoms with Crippen molar-refractivity contribution in [3.8, 4) is 5.75 Å². The predicted molar refractivity (Wildman–Crippen MR) is 107 cm³/mol. The van der Waals surface area contributed by atoms with E-state index >= 15 is 0 Å². The second kappa shape index (κ2) is 8.44. The number of nitrogens with two attached hydrogens (primary N) is 1. The van der Waals surface area contributed by atoms with E-state index in [1.165, 1.54) is 7.11 Å². The van der Waals surface area contributed by atoms with E-state index in [4.69, 9.17) is 22.1 Å². The number of rotatable bonds is 6. The van der Waals surface area contributed by atoms with E-state index < -0.39 is 11.9 Å². The summed E-state index contributed by atoms with van der Waals surface area (Å²) >= 11 is 6.12. The van der Waals surface area contributed by atoms with Crippen LogP contribution in [0.2, 0.25) is 5.02 Å². The van der Waals surface area contributed by atoms with Crippen LogP contribution in [0.1, 0.15) is 42.3 Å². The van der Waals surface area contributed by atoms with Crippen molar-refractivity contribution < 1.29 is 14.3 Å². The highest BCUT2D eigenvalue weighted by molar-refractivity contribution is 6.32. The van der Waals surface area contributed by atoms with Gasteiger partial charge in [-0.05, 0) is 40.8 Å². The van der Waals surface area contributed by atoms with E-state index in [0.29, 0.717) is 16.3 Å². The van der Waals surface area contributed by atoms with Crippen LogP contribution in [0.25, 0.3) is 0 Å². The molecule has 2 aromatic carbocycles. The predicted octanol–water partition coefficient (Wildman–Crippen LogP) is 3.47. The van der Waals surface area contributed by atoms with Gasteiger partial charge >= 0.3 is 0 Å². The Hall–Kier alpha value is -2.53. The second-order valence-electron chi connectivity index (χ2n) is 7.43. The number of hydrogen-bond acceptors (Lipinski definition) is 3. The van der Waals surface area contributed by atoms with Crippen molar-refractivity contribution in [2.24, 2.45) is 5.73 Å². The van der Waals surface area contributed by atoms with Crippen LogP contribution in [-0.4, -0.2) is 25.0 Å². The Bertz CT molecular complexity index is 826. The smallest absolute Gasteiger partial charge is 0.251 e. The summed E-state index contributed by atoms with van der Waals surface area (Å²) in [6.07, 6.45) is 0.241. The van der Waals surface area contributed by atoms with E-state index in [9.17, 15) is 9.59 Å². The lowest BCUT2D eigenvalue weighted by Gasteiger charge is -2.20. The lowest BCUT2D eigenvalue weighted by Crippen LogP contribution is -2.45. The van der Waals surface area contributed by atoms with Crippen molar-refractivity contribution in [1.29, 1.82) is 0 Å². The first-order valence-corrected chi connectivity index (χ1v) is 9.02. The maximum Gasteiger partial charge on any atom is 0.251 e. The van der Waals surface area contributed by atoms with Gasteiger partial charge in [0, 0.05) is 12.0 Å². The first-order chi connectivity index (χ1) is 12.6. The SMILES string of the molecule is COc1ccc(C[C@H](NC(=O)c2ccc(C(C)(C)C)cc2)C(N)=O)cc1Cl. The summed E-state index contributed by atoms with van der Waals surface area (Å²) in [4.78, 5) is 24.3. The number of benzene rings is 2. The molecule has 0 saturated carbocycles. The molecule has 144 valence electrons. The Morgan fingerprint density at radius 3 is 2.26 bits per heavy atom. The summed E-state index contributed by atoms with van der Waals surface area (Å²) < 4.78 is 5.11. The largest absolute Gasteiger partial charge is 0.495 e. The third-order valence-corrected chi connectivity index (χ3v) is 4.61. The van der Waals surface area contributed by atoms with Crippen molar-refractivity contribution in [2.45, 2.75) is 38.6 Å². The molecule has 0 saturated heterocycles. The molecule has 2 aromatic rings. The summed E-state index contributed by atoms with van der Waals surface area (Å²) in [6, 6.07) is 11.7. The number of halogens is 1. The standard InChI is InChI=1S/C21H25ClN2O3/c1-21(2,3)15-8-6-14(7-9-15)20(26)24-17(19(23)25)12-13-5-10-18(27-4)16(22)11-13/h5-11,17H,12H2,1-4H3,(H2,23,25)(H,24,26)/t17-/m0/s1. The number of methoxy groups -OCH3 is 1. The first kappa shape index (κ1) is 20.8. The number of carbonyl (C=O) groups is 2. The molecule has 0 aromatic heterocycles. The number of ether oxygens (including phenoxy) is 1. The number of hydrogen-bond donors (Lipinski definition) is 2. The van der Waals surface area contributed by atoms with E-state index in [-0.39, 0.29) is 17.7 Å². The fourth-order valence-corrected chi connectivity index (χ4v) is 2.94. The monoisotopic (exact) mass is 388 g/mol. The lowest BCUT2D eigenvalue weighted by atomic mass is 9.86. The van der Waals surface area contributed by atoms with Crippen molar-refractivity contribution in [3.05, 3.63) is 64.2 Å². The van der Waals surface area contributed by atoms with Crippen LogP contribution >= 0.6 is 11.6 Å². The van der Waals surface area contributed by atoms with Gasteiger partial charge in [0.15, 0.2) is 0 Å².